The van der Waals surface area contributed by atoms with Crippen molar-refractivity contribution < 1.29 is 37.6 Å². The molecule has 466 valence electrons. The molecule has 0 bridgehead atoms. The molecule has 0 saturated heterocycles. The van der Waals surface area contributed by atoms with Crippen LogP contribution in [0, 0.1) is 0 Å². The van der Waals surface area contributed by atoms with Gasteiger partial charge in [0.05, 0.1) is 13.2 Å². The molecule has 2 unspecified atom stereocenters. The topological polar surface area (TPSA) is 134 Å². The maximum Gasteiger partial charge on any atom is 0.472 e. The predicted octanol–water partition coefficient (Wildman–Crippen LogP) is 21.2. The summed E-state index contributed by atoms with van der Waals surface area (Å²) >= 11 is 0. The van der Waals surface area contributed by atoms with E-state index in [1.54, 1.807) is 0 Å². The lowest BCUT2D eigenvalue weighted by Gasteiger charge is -2.19. The van der Waals surface area contributed by atoms with E-state index in [4.69, 9.17) is 24.3 Å². The molecule has 0 aliphatic rings. The van der Waals surface area contributed by atoms with Gasteiger partial charge in [0, 0.05) is 19.4 Å². The average Bonchev–Trinajstić information content (AvgIpc) is 3.49. The summed E-state index contributed by atoms with van der Waals surface area (Å²) in [6, 6.07) is 0. The lowest BCUT2D eigenvalue weighted by Crippen LogP contribution is -2.29. The molecule has 83 heavy (non-hydrogen) atoms. The highest BCUT2D eigenvalue weighted by atomic mass is 31.2. The van der Waals surface area contributed by atoms with Gasteiger partial charge in [-0.25, -0.2) is 4.57 Å². The van der Waals surface area contributed by atoms with E-state index in [1.807, 2.05) is 0 Å². The molecular weight excluding hydrogens is 1050 g/mol. The molecule has 0 aromatic heterocycles. The van der Waals surface area contributed by atoms with Crippen molar-refractivity contribution in [3.63, 3.8) is 0 Å². The molecule has 0 saturated carbocycles. The van der Waals surface area contributed by atoms with Crippen LogP contribution in [-0.4, -0.2) is 49.3 Å². The van der Waals surface area contributed by atoms with Crippen LogP contribution >= 0.6 is 7.82 Å². The van der Waals surface area contributed by atoms with Crippen molar-refractivity contribution in [3.8, 4) is 0 Å². The number of phosphoric ester groups is 1. The third-order valence-corrected chi connectivity index (χ3v) is 13.8. The number of hydrogen-bond acceptors (Lipinski definition) is 8. The number of carbonyl (C=O) groups is 2. The Kier molecular flexibility index (Phi) is 62.3. The summed E-state index contributed by atoms with van der Waals surface area (Å²) in [5.41, 5.74) is 5.39. The first kappa shape index (κ1) is 78.1. The fourth-order valence-electron chi connectivity index (χ4n) is 8.10. The number of unbranched alkanes of at least 4 members (excludes halogenated alkanes) is 15. The van der Waals surface area contributed by atoms with Crippen LogP contribution in [0.25, 0.3) is 0 Å². The van der Waals surface area contributed by atoms with Crippen LogP contribution in [0.15, 0.2) is 182 Å². The monoisotopic (exact) mass is 1170 g/mol. The van der Waals surface area contributed by atoms with Gasteiger partial charge in [0.25, 0.3) is 0 Å². The normalized spacial score (nSPS) is 14.2. The van der Waals surface area contributed by atoms with Crippen molar-refractivity contribution in [2.75, 3.05) is 26.4 Å². The highest BCUT2D eigenvalue weighted by Crippen LogP contribution is 2.43. The van der Waals surface area contributed by atoms with Gasteiger partial charge in [-0.15, -0.1) is 0 Å². The molecule has 0 aliphatic carbocycles. The van der Waals surface area contributed by atoms with Crippen molar-refractivity contribution in [2.24, 2.45) is 5.73 Å². The molecule has 0 amide bonds. The average molecular weight is 1170 g/mol. The molecule has 2 atom stereocenters. The highest BCUT2D eigenvalue weighted by molar-refractivity contribution is 7.47. The molecule has 0 spiro atoms. The fraction of sp³-hybridized carbons (Fsp3) is 0.562. The second-order valence-corrected chi connectivity index (χ2v) is 22.0. The summed E-state index contributed by atoms with van der Waals surface area (Å²) in [6.07, 6.45) is 99.6. The standard InChI is InChI=1S/C73H116NO8P/c1-3-5-7-9-11-13-15-17-19-21-23-25-26-27-28-29-30-31-32-33-34-35-36-37-38-39-40-41-42-43-44-46-48-50-52-54-56-58-60-62-64-66-73(76)82-71(70-81-83(77,78)80-68-67-74)69-79-72(75)65-63-61-59-57-55-53-51-49-47-45-24-22-20-18-16-14-12-10-8-6-4-2/h5-8,11-14,17-20,23-25,27-28,30-31,33-34,36-37,39-40,42-43,45-46,48,71H,3-4,9-10,15-16,21-22,26,29,32,35,38,41,44,47,49-70,74H2,1-2H3,(H,77,78)/b7-5-,8-6-,13-11-,14-12-,19-17-,20-18-,25-23-,28-27-,31-30-,34-33-,37-36-,40-39-,43-42-,45-24-,48-46-. The quantitative estimate of drug-likeness (QED) is 0.0264. The van der Waals surface area contributed by atoms with Crippen LogP contribution in [0.2, 0.25) is 0 Å². The van der Waals surface area contributed by atoms with Crippen molar-refractivity contribution in [1.29, 1.82) is 0 Å². The summed E-state index contributed by atoms with van der Waals surface area (Å²) in [6.45, 7) is 3.47. The number of nitrogens with two attached hydrogens (primary N) is 1. The molecule has 0 radical (unpaired) electrons. The number of phosphoric acid groups is 1. The summed E-state index contributed by atoms with van der Waals surface area (Å²) in [5, 5.41) is 0. The number of esters is 2. The Labute approximate surface area is 507 Å². The van der Waals surface area contributed by atoms with Crippen molar-refractivity contribution in [3.05, 3.63) is 182 Å². The summed E-state index contributed by atoms with van der Waals surface area (Å²) < 4.78 is 33.1. The molecule has 3 N–H and O–H groups in total. The summed E-state index contributed by atoms with van der Waals surface area (Å²) in [5.74, 6) is -0.862. The smallest absolute Gasteiger partial charge is 0.462 e. The summed E-state index contributed by atoms with van der Waals surface area (Å²) in [4.78, 5) is 35.3. The molecule has 9 nitrogen and oxygen atoms in total. The maximum atomic E-state index is 12.7. The Balaban J connectivity index is 4.03. The zero-order chi connectivity index (χ0) is 60.1. The van der Waals surface area contributed by atoms with Gasteiger partial charge in [-0.2, -0.15) is 0 Å². The first-order valence-corrected chi connectivity index (χ1v) is 33.8. The third-order valence-electron chi connectivity index (χ3n) is 12.8. The van der Waals surface area contributed by atoms with Crippen molar-refractivity contribution in [2.45, 2.75) is 238 Å². The van der Waals surface area contributed by atoms with Gasteiger partial charge >= 0.3 is 19.8 Å². The van der Waals surface area contributed by atoms with Crippen LogP contribution in [0.4, 0.5) is 0 Å². The van der Waals surface area contributed by atoms with E-state index in [-0.39, 0.29) is 32.6 Å². The Morgan fingerprint density at radius 1 is 0.361 bits per heavy atom. The Morgan fingerprint density at radius 2 is 0.627 bits per heavy atom. The highest BCUT2D eigenvalue weighted by Gasteiger charge is 2.26. The Morgan fingerprint density at radius 3 is 0.928 bits per heavy atom. The van der Waals surface area contributed by atoms with Crippen LogP contribution in [-0.2, 0) is 32.7 Å². The van der Waals surface area contributed by atoms with E-state index in [1.165, 1.54) is 38.5 Å². The Bertz CT molecular complexity index is 2010. The van der Waals surface area contributed by atoms with Crippen molar-refractivity contribution >= 4 is 19.8 Å². The number of carbonyl (C=O) groups excluding carboxylic acids is 2. The number of allylic oxidation sites excluding steroid dienone is 30. The fourth-order valence-corrected chi connectivity index (χ4v) is 8.87. The largest absolute Gasteiger partial charge is 0.472 e. The molecule has 0 aliphatic heterocycles. The predicted molar refractivity (Wildman–Crippen MR) is 357 cm³/mol. The molecular formula is C73H116NO8P. The first-order valence-electron chi connectivity index (χ1n) is 32.3. The van der Waals surface area contributed by atoms with E-state index in [9.17, 15) is 19.0 Å². The van der Waals surface area contributed by atoms with Gasteiger partial charge < -0.3 is 20.1 Å². The molecule has 0 fully saturated rings. The van der Waals surface area contributed by atoms with E-state index in [0.717, 1.165) is 154 Å². The van der Waals surface area contributed by atoms with E-state index in [2.05, 4.69) is 196 Å². The van der Waals surface area contributed by atoms with Crippen LogP contribution < -0.4 is 5.73 Å². The molecule has 0 aromatic carbocycles. The van der Waals surface area contributed by atoms with Gasteiger partial charge in [0.15, 0.2) is 6.10 Å². The van der Waals surface area contributed by atoms with Gasteiger partial charge in [-0.3, -0.25) is 18.6 Å². The maximum absolute atomic E-state index is 12.7. The minimum Gasteiger partial charge on any atom is -0.462 e. The van der Waals surface area contributed by atoms with Crippen LogP contribution in [0.5, 0.6) is 0 Å². The lowest BCUT2D eigenvalue weighted by molar-refractivity contribution is -0.161. The molecule has 0 rings (SSSR count). The Hall–Kier alpha value is -4.89. The minimum absolute atomic E-state index is 0.0406. The molecule has 0 heterocycles. The summed E-state index contributed by atoms with van der Waals surface area (Å²) in [7, 11) is -4.41. The third kappa shape index (κ3) is 66.1. The van der Waals surface area contributed by atoms with E-state index >= 15 is 0 Å². The minimum atomic E-state index is -4.41. The number of rotatable bonds is 58. The van der Waals surface area contributed by atoms with Gasteiger partial charge in [-0.1, -0.05) is 267 Å². The van der Waals surface area contributed by atoms with Crippen LogP contribution in [0.3, 0.4) is 0 Å². The lowest BCUT2D eigenvalue weighted by atomic mass is 10.1. The molecule has 0 aromatic rings. The zero-order valence-electron chi connectivity index (χ0n) is 52.1. The van der Waals surface area contributed by atoms with Gasteiger partial charge in [0.1, 0.15) is 6.61 Å². The zero-order valence-corrected chi connectivity index (χ0v) is 53.0. The van der Waals surface area contributed by atoms with E-state index in [0.29, 0.717) is 12.8 Å². The van der Waals surface area contributed by atoms with Gasteiger partial charge in [0.2, 0.25) is 0 Å². The van der Waals surface area contributed by atoms with Crippen LogP contribution in [0.1, 0.15) is 232 Å². The second-order valence-electron chi connectivity index (χ2n) is 20.5. The SMILES string of the molecule is CC/C=C\C/C=C\C/C=C\C/C=C\C/C=C\C/C=C\C/C=C\C/C=C\C/C=C\C/C=C\C/C=C\CCCCCCCCCC(=O)OC(COC(=O)CCCCCCCCCC/C=C\C/C=C\C/C=C\C/C=C\CC)COP(=O)(O)OCCN. The number of hydrogen-bond donors (Lipinski definition) is 2. The number of ether oxygens (including phenoxy) is 2. The van der Waals surface area contributed by atoms with Gasteiger partial charge in [-0.05, 0) is 135 Å². The van der Waals surface area contributed by atoms with E-state index < -0.39 is 32.5 Å². The second kappa shape index (κ2) is 66.3. The van der Waals surface area contributed by atoms with Crippen molar-refractivity contribution in [1.82, 2.24) is 0 Å². The molecule has 10 heteroatoms. The first-order chi connectivity index (χ1) is 40.8.